The monoisotopic (exact) mass is 153 g/mol. The van der Waals surface area contributed by atoms with E-state index in [9.17, 15) is 0 Å². The van der Waals surface area contributed by atoms with E-state index in [1.165, 1.54) is 11.8 Å². The van der Waals surface area contributed by atoms with Crippen LogP contribution in [0.3, 0.4) is 0 Å². The van der Waals surface area contributed by atoms with E-state index >= 15 is 0 Å². The van der Waals surface area contributed by atoms with Gasteiger partial charge in [0.15, 0.2) is 0 Å². The number of rotatable bonds is 3. The minimum atomic E-state index is 1.01. The Morgan fingerprint density at radius 2 is 2.00 bits per heavy atom. The first-order valence-electron chi connectivity index (χ1n) is 4.05. The third kappa shape index (κ3) is 9.02. The quantitative estimate of drug-likeness (QED) is 0.620. The first kappa shape index (κ1) is 12.7. The fourth-order valence-electron chi connectivity index (χ4n) is 0.509. The van der Waals surface area contributed by atoms with Crippen LogP contribution in [-0.4, -0.2) is 0 Å². The molecule has 0 aliphatic rings. The van der Waals surface area contributed by atoms with Gasteiger partial charge in [0.25, 0.3) is 0 Å². The third-order valence-electron chi connectivity index (χ3n) is 1.09. The summed E-state index contributed by atoms with van der Waals surface area (Å²) in [5.41, 5.74) is 6.33. The molecule has 0 amide bonds. The molecule has 0 radical (unpaired) electrons. The molecule has 1 nitrogen and oxygen atoms in total. The lowest BCUT2D eigenvalue weighted by atomic mass is 10.2. The van der Waals surface area contributed by atoms with Crippen LogP contribution in [-0.2, 0) is 0 Å². The molecule has 0 bridgehead atoms. The van der Waals surface area contributed by atoms with E-state index < -0.39 is 0 Å². The number of hydrogen-bond acceptors (Lipinski definition) is 1. The van der Waals surface area contributed by atoms with E-state index in [0.29, 0.717) is 0 Å². The molecule has 0 atom stereocenters. The zero-order chi connectivity index (χ0) is 9.11. The van der Waals surface area contributed by atoms with Crippen molar-refractivity contribution in [1.82, 2.24) is 0 Å². The average Bonchev–Trinajstić information content (AvgIpc) is 2.10. The van der Waals surface area contributed by atoms with E-state index in [2.05, 4.69) is 13.5 Å². The van der Waals surface area contributed by atoms with Crippen molar-refractivity contribution in [3.8, 4) is 0 Å². The second-order valence-corrected chi connectivity index (χ2v) is 1.68. The summed E-state index contributed by atoms with van der Waals surface area (Å²) in [4.78, 5) is 0. The van der Waals surface area contributed by atoms with E-state index in [1.54, 1.807) is 6.08 Å². The van der Waals surface area contributed by atoms with E-state index in [-0.39, 0.29) is 0 Å². The van der Waals surface area contributed by atoms with Crippen molar-refractivity contribution >= 4 is 0 Å². The summed E-state index contributed by atoms with van der Waals surface area (Å²) in [6.07, 6.45) is 8.11. The molecule has 11 heavy (non-hydrogen) atoms. The van der Waals surface area contributed by atoms with Gasteiger partial charge in [-0.1, -0.05) is 39.5 Å². The van der Waals surface area contributed by atoms with Crippen LogP contribution < -0.4 is 5.73 Å². The predicted octanol–water partition coefficient (Wildman–Crippen LogP) is 3.01. The molecule has 0 aromatic carbocycles. The van der Waals surface area contributed by atoms with Crippen molar-refractivity contribution in [2.24, 2.45) is 5.73 Å². The van der Waals surface area contributed by atoms with Gasteiger partial charge in [-0.15, -0.1) is 0 Å². The van der Waals surface area contributed by atoms with Gasteiger partial charge in [0.05, 0.1) is 0 Å². The first-order valence-corrected chi connectivity index (χ1v) is 4.05. The lowest BCUT2D eigenvalue weighted by molar-refractivity contribution is 1.15. The Labute approximate surface area is 70.3 Å². The molecule has 0 rings (SSSR count). The summed E-state index contributed by atoms with van der Waals surface area (Å²) < 4.78 is 0. The molecule has 0 unspecified atom stereocenters. The van der Waals surface area contributed by atoms with Gasteiger partial charge >= 0.3 is 0 Å². The fraction of sp³-hybridized carbons (Fsp3) is 0.400. The Hall–Kier alpha value is -0.980. The number of allylic oxidation sites excluding steroid dienone is 4. The maximum atomic E-state index is 5.13. The van der Waals surface area contributed by atoms with Crippen molar-refractivity contribution in [1.29, 1.82) is 0 Å². The van der Waals surface area contributed by atoms with Gasteiger partial charge in [0, 0.05) is 0 Å². The number of hydrogen-bond donors (Lipinski definition) is 1. The average molecular weight is 153 g/mol. The normalized spacial score (nSPS) is 10.6. The van der Waals surface area contributed by atoms with Crippen molar-refractivity contribution in [2.45, 2.75) is 27.2 Å². The Balaban J connectivity index is 0. The van der Waals surface area contributed by atoms with Crippen LogP contribution in [0, 0.1) is 0 Å². The summed E-state index contributed by atoms with van der Waals surface area (Å²) in [5, 5.41) is 0. The van der Waals surface area contributed by atoms with Crippen molar-refractivity contribution < 1.29 is 0 Å². The molecule has 64 valence electrons. The Morgan fingerprint density at radius 1 is 1.45 bits per heavy atom. The molecule has 0 saturated carbocycles. The zero-order valence-corrected chi connectivity index (χ0v) is 7.80. The highest BCUT2D eigenvalue weighted by molar-refractivity contribution is 5.20. The van der Waals surface area contributed by atoms with Crippen molar-refractivity contribution in [3.63, 3.8) is 0 Å². The predicted molar refractivity (Wildman–Crippen MR) is 53.2 cm³/mol. The molecular formula is C10H19N. The van der Waals surface area contributed by atoms with Gasteiger partial charge in [-0.05, 0) is 24.3 Å². The van der Waals surface area contributed by atoms with Gasteiger partial charge in [-0.2, -0.15) is 0 Å². The van der Waals surface area contributed by atoms with E-state index in [1.807, 2.05) is 26.0 Å². The Kier molecular flexibility index (Phi) is 13.6. The summed E-state index contributed by atoms with van der Waals surface area (Å²) in [6.45, 7) is 9.72. The smallest absolute Gasteiger partial charge is 0.00623 e. The second kappa shape index (κ2) is 11.8. The second-order valence-electron chi connectivity index (χ2n) is 1.68. The van der Waals surface area contributed by atoms with Gasteiger partial charge in [0.1, 0.15) is 0 Å². The molecule has 1 heteroatoms. The topological polar surface area (TPSA) is 26.0 Å². The van der Waals surface area contributed by atoms with Gasteiger partial charge in [-0.25, -0.2) is 0 Å². The van der Waals surface area contributed by atoms with Crippen LogP contribution >= 0.6 is 0 Å². The number of nitrogens with two attached hydrogens (primary N) is 1. The molecule has 0 aromatic heterocycles. The maximum absolute atomic E-state index is 5.13. The van der Waals surface area contributed by atoms with Crippen molar-refractivity contribution in [2.75, 3.05) is 0 Å². The Bertz CT molecular complexity index is 132. The highest BCUT2D eigenvalue weighted by Gasteiger charge is 1.79. The summed E-state index contributed by atoms with van der Waals surface area (Å²) in [6, 6.07) is 0. The van der Waals surface area contributed by atoms with Gasteiger partial charge in [-0.3, -0.25) is 0 Å². The van der Waals surface area contributed by atoms with Crippen molar-refractivity contribution in [3.05, 3.63) is 36.6 Å². The van der Waals surface area contributed by atoms with Crippen LogP contribution in [0.25, 0.3) is 0 Å². The molecule has 0 heterocycles. The van der Waals surface area contributed by atoms with Gasteiger partial charge < -0.3 is 5.73 Å². The van der Waals surface area contributed by atoms with Crippen LogP contribution in [0.4, 0.5) is 0 Å². The maximum Gasteiger partial charge on any atom is -0.00623 e. The lowest BCUT2D eigenvalue weighted by Crippen LogP contribution is -1.75. The van der Waals surface area contributed by atoms with Gasteiger partial charge in [0.2, 0.25) is 0 Å². The minimum absolute atomic E-state index is 1.01. The van der Waals surface area contributed by atoms with Crippen LogP contribution in [0.2, 0.25) is 0 Å². The van der Waals surface area contributed by atoms with Crippen LogP contribution in [0.5, 0.6) is 0 Å². The third-order valence-corrected chi connectivity index (χ3v) is 1.09. The molecule has 0 saturated heterocycles. The summed E-state index contributed by atoms with van der Waals surface area (Å²) in [5.74, 6) is 0. The molecular weight excluding hydrogens is 134 g/mol. The minimum Gasteiger partial charge on any atom is -0.405 e. The fourth-order valence-corrected chi connectivity index (χ4v) is 0.509. The lowest BCUT2D eigenvalue weighted by Gasteiger charge is -1.89. The SMILES string of the molecule is C=C/C(=C\C=C/N)CC.CC. The Morgan fingerprint density at radius 3 is 2.27 bits per heavy atom. The molecule has 0 aliphatic heterocycles. The zero-order valence-electron chi connectivity index (χ0n) is 7.80. The molecule has 0 aliphatic carbocycles. The first-order chi connectivity index (χ1) is 5.35. The molecule has 0 fully saturated rings. The van der Waals surface area contributed by atoms with E-state index in [4.69, 9.17) is 5.73 Å². The molecule has 0 aromatic rings. The highest BCUT2D eigenvalue weighted by atomic mass is 14.5. The summed E-state index contributed by atoms with van der Waals surface area (Å²) in [7, 11) is 0. The van der Waals surface area contributed by atoms with E-state index in [0.717, 1.165) is 6.42 Å². The molecule has 2 N–H and O–H groups in total. The highest BCUT2D eigenvalue weighted by Crippen LogP contribution is 1.99. The summed E-state index contributed by atoms with van der Waals surface area (Å²) >= 11 is 0. The van der Waals surface area contributed by atoms with Crippen LogP contribution in [0.15, 0.2) is 36.6 Å². The molecule has 0 spiro atoms. The standard InChI is InChI=1S/C8H13N.C2H6/c1-3-8(4-2)6-5-7-9;1-2/h3,5-7H,1,4,9H2,2H3;1-2H3/b7-5-,8-6+;. The largest absolute Gasteiger partial charge is 0.405 e. The van der Waals surface area contributed by atoms with Crippen LogP contribution in [0.1, 0.15) is 27.2 Å².